The lowest BCUT2D eigenvalue weighted by atomic mass is 9.95. The first kappa shape index (κ1) is 23.6. The molecule has 0 fully saturated rings. The predicted molar refractivity (Wildman–Crippen MR) is 86.3 cm³/mol. The van der Waals surface area contributed by atoms with Crippen LogP contribution in [0.15, 0.2) is 0 Å². The van der Waals surface area contributed by atoms with E-state index in [4.69, 9.17) is 0 Å². The maximum atomic E-state index is 14.5. The molecule has 3 aromatic rings. The molecule has 0 aliphatic heterocycles. The average molecular weight is 494 g/mol. The first-order valence-corrected chi connectivity index (χ1v) is 8.96. The smallest absolute Gasteiger partial charge is 0.200 e. The normalized spacial score (nSPS) is 11.5. The second kappa shape index (κ2) is 7.83. The molecule has 0 N–H and O–H groups in total. The Morgan fingerprint density at radius 2 is 0.406 bits per heavy atom. The van der Waals surface area contributed by atoms with Gasteiger partial charge in [0.05, 0.1) is 22.3 Å². The Morgan fingerprint density at radius 3 is 0.656 bits per heavy atom. The average Bonchev–Trinajstić information content (AvgIpc) is 2.76. The SMILES string of the molecule is Fc1c(F)c(F)c(-c2c(F)c(F)c(-c3c(F)c(F)c([SiH3])c(F)c3F)c(F)c2F)c(F)c1F. The summed E-state index contributed by atoms with van der Waals surface area (Å²) in [4.78, 5) is 0. The summed E-state index contributed by atoms with van der Waals surface area (Å²) < 4.78 is 181. The van der Waals surface area contributed by atoms with Crippen LogP contribution in [0.2, 0.25) is 0 Å². The van der Waals surface area contributed by atoms with E-state index in [1.54, 1.807) is 0 Å². The van der Waals surface area contributed by atoms with Crippen LogP contribution in [0, 0.1) is 75.6 Å². The molecule has 0 saturated carbocycles. The monoisotopic (exact) mass is 494 g/mol. The fourth-order valence-corrected chi connectivity index (χ4v) is 3.29. The largest absolute Gasteiger partial charge is 0.204 e. The Morgan fingerprint density at radius 1 is 0.250 bits per heavy atom. The zero-order chi connectivity index (χ0) is 24.4. The maximum Gasteiger partial charge on any atom is 0.200 e. The van der Waals surface area contributed by atoms with E-state index in [0.29, 0.717) is 0 Å². The first-order chi connectivity index (χ1) is 14.7. The van der Waals surface area contributed by atoms with E-state index in [2.05, 4.69) is 0 Å². The second-order valence-corrected chi connectivity index (χ2v) is 7.21. The Bertz CT molecular complexity index is 1130. The fourth-order valence-electron chi connectivity index (χ4n) is 2.86. The molecule has 0 unspecified atom stereocenters. The van der Waals surface area contributed by atoms with E-state index in [0.717, 1.165) is 0 Å². The summed E-state index contributed by atoms with van der Waals surface area (Å²) in [6.45, 7) is 0. The summed E-state index contributed by atoms with van der Waals surface area (Å²) >= 11 is 0. The molecule has 0 amide bonds. The fraction of sp³-hybridized carbons (Fsp3) is 0. The molecule has 3 rings (SSSR count). The molecule has 0 aromatic heterocycles. The summed E-state index contributed by atoms with van der Waals surface area (Å²) in [5.41, 5.74) is -9.50. The predicted octanol–water partition coefficient (Wildman–Crippen LogP) is 4.82. The van der Waals surface area contributed by atoms with Gasteiger partial charge in [-0.05, 0) is 0 Å². The zero-order valence-corrected chi connectivity index (χ0v) is 16.9. The van der Waals surface area contributed by atoms with Crippen molar-refractivity contribution >= 4 is 15.4 Å². The van der Waals surface area contributed by atoms with E-state index in [9.17, 15) is 57.1 Å². The van der Waals surface area contributed by atoms with Gasteiger partial charge in [0.1, 0.15) is 0 Å². The van der Waals surface area contributed by atoms with Crippen LogP contribution in [0.1, 0.15) is 0 Å². The van der Waals surface area contributed by atoms with Crippen molar-refractivity contribution in [3.05, 3.63) is 75.6 Å². The van der Waals surface area contributed by atoms with Gasteiger partial charge in [-0.25, -0.2) is 57.1 Å². The highest BCUT2D eigenvalue weighted by Gasteiger charge is 2.37. The van der Waals surface area contributed by atoms with Crippen LogP contribution < -0.4 is 5.19 Å². The molecule has 0 aliphatic carbocycles. The van der Waals surface area contributed by atoms with Gasteiger partial charge in [0.15, 0.2) is 69.8 Å². The first-order valence-electron chi connectivity index (χ1n) is 7.96. The van der Waals surface area contributed by atoms with Crippen molar-refractivity contribution in [1.29, 1.82) is 0 Å². The van der Waals surface area contributed by atoms with Crippen molar-refractivity contribution in [3.63, 3.8) is 0 Å². The summed E-state index contributed by atoms with van der Waals surface area (Å²) in [5, 5.41) is -1.16. The third-order valence-corrected chi connectivity index (χ3v) is 5.33. The van der Waals surface area contributed by atoms with Crippen LogP contribution >= 0.6 is 0 Å². The van der Waals surface area contributed by atoms with E-state index < -0.39 is 113 Å². The highest BCUT2D eigenvalue weighted by Crippen LogP contribution is 2.41. The van der Waals surface area contributed by atoms with E-state index in [1.807, 2.05) is 0 Å². The zero-order valence-electron chi connectivity index (χ0n) is 14.9. The molecular formula is C18H3F13Si. The molecule has 0 spiro atoms. The number of halogens is 13. The van der Waals surface area contributed by atoms with Crippen molar-refractivity contribution in [2.45, 2.75) is 0 Å². The van der Waals surface area contributed by atoms with Gasteiger partial charge in [0.25, 0.3) is 0 Å². The van der Waals surface area contributed by atoms with Crippen molar-refractivity contribution in [1.82, 2.24) is 0 Å². The van der Waals surface area contributed by atoms with Crippen LogP contribution in [0.4, 0.5) is 57.1 Å². The minimum atomic E-state index is -2.86. The number of benzene rings is 3. The van der Waals surface area contributed by atoms with Crippen LogP contribution in [0.5, 0.6) is 0 Å². The lowest BCUT2D eigenvalue weighted by Crippen LogP contribution is -2.20. The van der Waals surface area contributed by atoms with Gasteiger partial charge in [-0.15, -0.1) is 0 Å². The van der Waals surface area contributed by atoms with E-state index in [-0.39, 0.29) is 0 Å². The highest BCUT2D eigenvalue weighted by atomic mass is 28.1. The second-order valence-electron chi connectivity index (χ2n) is 6.21. The number of hydrogen-bond acceptors (Lipinski definition) is 0. The molecule has 32 heavy (non-hydrogen) atoms. The molecule has 0 aliphatic rings. The van der Waals surface area contributed by atoms with Gasteiger partial charge in [0.2, 0.25) is 5.82 Å². The van der Waals surface area contributed by atoms with E-state index in [1.165, 1.54) is 0 Å². The molecule has 0 saturated heterocycles. The summed E-state index contributed by atoms with van der Waals surface area (Å²) in [7, 11) is -0.645. The van der Waals surface area contributed by atoms with Gasteiger partial charge in [0, 0.05) is 15.4 Å². The van der Waals surface area contributed by atoms with Gasteiger partial charge >= 0.3 is 0 Å². The quantitative estimate of drug-likeness (QED) is 0.208. The third kappa shape index (κ3) is 3.07. The van der Waals surface area contributed by atoms with Crippen LogP contribution in [0.3, 0.4) is 0 Å². The van der Waals surface area contributed by atoms with Crippen LogP contribution in [-0.4, -0.2) is 10.2 Å². The molecule has 14 heteroatoms. The van der Waals surface area contributed by atoms with Crippen LogP contribution in [-0.2, 0) is 0 Å². The molecule has 3 aromatic carbocycles. The topological polar surface area (TPSA) is 0 Å². The molecule has 0 heterocycles. The minimum Gasteiger partial charge on any atom is -0.204 e. The van der Waals surface area contributed by atoms with Crippen molar-refractivity contribution in [3.8, 4) is 22.3 Å². The van der Waals surface area contributed by atoms with Crippen molar-refractivity contribution in [2.24, 2.45) is 0 Å². The minimum absolute atomic E-state index is 0.645. The Labute approximate surface area is 171 Å². The van der Waals surface area contributed by atoms with E-state index >= 15 is 0 Å². The lowest BCUT2D eigenvalue weighted by Gasteiger charge is -2.16. The van der Waals surface area contributed by atoms with Gasteiger partial charge in [-0.2, -0.15) is 0 Å². The van der Waals surface area contributed by atoms with Crippen molar-refractivity contribution in [2.75, 3.05) is 0 Å². The van der Waals surface area contributed by atoms with Gasteiger partial charge < -0.3 is 0 Å². The molecule has 0 nitrogen and oxygen atoms in total. The van der Waals surface area contributed by atoms with Crippen LogP contribution in [0.25, 0.3) is 22.3 Å². The standard InChI is InChI=1S/C18H3F13Si/c19-5-1(3-9(23)13(27)15(29)14(28)10(3)24)6(20)8(22)2(7(5)21)4-11(25)16(30)18(32)17(31)12(4)26/h32H3. The van der Waals surface area contributed by atoms with Gasteiger partial charge in [-0.1, -0.05) is 0 Å². The maximum absolute atomic E-state index is 14.5. The lowest BCUT2D eigenvalue weighted by molar-refractivity contribution is 0.379. The summed E-state index contributed by atoms with van der Waals surface area (Å²) in [6, 6.07) is 0. The molecule has 0 atom stereocenters. The molecule has 170 valence electrons. The molecule has 0 radical (unpaired) electrons. The highest BCUT2D eigenvalue weighted by molar-refractivity contribution is 6.32. The Kier molecular flexibility index (Phi) is 5.78. The molecule has 0 bridgehead atoms. The van der Waals surface area contributed by atoms with Crippen molar-refractivity contribution < 1.29 is 57.1 Å². The van der Waals surface area contributed by atoms with Gasteiger partial charge in [-0.3, -0.25) is 0 Å². The third-order valence-electron chi connectivity index (χ3n) is 4.46. The number of hydrogen-bond donors (Lipinski definition) is 0. The Balaban J connectivity index is 2.50. The summed E-state index contributed by atoms with van der Waals surface area (Å²) in [5.74, 6) is -34.6. The number of rotatable bonds is 2. The molecular weight excluding hydrogens is 491 g/mol. The summed E-state index contributed by atoms with van der Waals surface area (Å²) in [6.07, 6.45) is 0. The Hall–Kier alpha value is -3.03.